The first-order valence-corrected chi connectivity index (χ1v) is 4.63. The Morgan fingerprint density at radius 2 is 2.15 bits per heavy atom. The first-order valence-electron chi connectivity index (χ1n) is 3.55. The molecule has 1 rings (SSSR count). The number of ether oxygens (including phenoxy) is 1. The number of hydrogen-bond donors (Lipinski definition) is 0. The molecular formula is C8H8F2INO. The SMILES string of the molecule is COc1c(C(F)F)cnc(C)c1I. The Kier molecular flexibility index (Phi) is 3.40. The second-order valence-electron chi connectivity index (χ2n) is 2.45. The molecule has 5 heteroatoms. The highest BCUT2D eigenvalue weighted by atomic mass is 127. The van der Waals surface area contributed by atoms with Gasteiger partial charge in [0.1, 0.15) is 5.75 Å². The van der Waals surface area contributed by atoms with Crippen LogP contribution >= 0.6 is 22.6 Å². The van der Waals surface area contributed by atoms with Crippen molar-refractivity contribution in [3.8, 4) is 5.75 Å². The van der Waals surface area contributed by atoms with Crippen LogP contribution in [0.2, 0.25) is 0 Å². The Balaban J connectivity index is 3.30. The maximum absolute atomic E-state index is 12.4. The molecule has 1 aromatic heterocycles. The Morgan fingerprint density at radius 1 is 1.54 bits per heavy atom. The van der Waals surface area contributed by atoms with Gasteiger partial charge in [0, 0.05) is 6.20 Å². The molecule has 0 spiro atoms. The lowest BCUT2D eigenvalue weighted by Gasteiger charge is -2.10. The second-order valence-corrected chi connectivity index (χ2v) is 3.53. The molecule has 0 unspecified atom stereocenters. The van der Waals surface area contributed by atoms with Crippen LogP contribution in [-0.2, 0) is 0 Å². The van der Waals surface area contributed by atoms with Crippen LogP contribution in [-0.4, -0.2) is 12.1 Å². The summed E-state index contributed by atoms with van der Waals surface area (Å²) < 4.78 is 30.3. The molecule has 0 aliphatic carbocycles. The number of aromatic nitrogens is 1. The highest BCUT2D eigenvalue weighted by Gasteiger charge is 2.18. The number of aryl methyl sites for hydroxylation is 1. The van der Waals surface area contributed by atoms with E-state index in [1.165, 1.54) is 7.11 Å². The van der Waals surface area contributed by atoms with E-state index in [9.17, 15) is 8.78 Å². The molecule has 0 aromatic carbocycles. The minimum atomic E-state index is -2.54. The number of hydrogen-bond acceptors (Lipinski definition) is 2. The van der Waals surface area contributed by atoms with Crippen molar-refractivity contribution < 1.29 is 13.5 Å². The molecule has 13 heavy (non-hydrogen) atoms. The van der Waals surface area contributed by atoms with Crippen molar-refractivity contribution in [1.82, 2.24) is 4.98 Å². The van der Waals surface area contributed by atoms with Gasteiger partial charge in [0.25, 0.3) is 6.43 Å². The zero-order valence-electron chi connectivity index (χ0n) is 7.14. The van der Waals surface area contributed by atoms with Gasteiger partial charge in [-0.15, -0.1) is 0 Å². The van der Waals surface area contributed by atoms with Gasteiger partial charge in [-0.1, -0.05) is 0 Å². The van der Waals surface area contributed by atoms with Gasteiger partial charge < -0.3 is 4.74 Å². The summed E-state index contributed by atoms with van der Waals surface area (Å²) in [6.45, 7) is 1.75. The number of methoxy groups -OCH3 is 1. The topological polar surface area (TPSA) is 22.1 Å². The lowest BCUT2D eigenvalue weighted by atomic mass is 10.2. The highest BCUT2D eigenvalue weighted by Crippen LogP contribution is 2.33. The van der Waals surface area contributed by atoms with Crippen LogP contribution in [0.15, 0.2) is 6.20 Å². The maximum atomic E-state index is 12.4. The fourth-order valence-electron chi connectivity index (χ4n) is 0.936. The van der Waals surface area contributed by atoms with Crippen molar-refractivity contribution in [2.24, 2.45) is 0 Å². The largest absolute Gasteiger partial charge is 0.495 e. The molecule has 0 fully saturated rings. The number of alkyl halides is 2. The molecule has 0 amide bonds. The Labute approximate surface area is 88.5 Å². The number of pyridine rings is 1. The summed E-state index contributed by atoms with van der Waals surface area (Å²) in [6.07, 6.45) is -1.39. The molecule has 0 aliphatic rings. The molecule has 0 aliphatic heterocycles. The summed E-state index contributed by atoms with van der Waals surface area (Å²) in [6, 6.07) is 0. The zero-order chi connectivity index (χ0) is 10.0. The standard InChI is InChI=1S/C8H8F2INO/c1-4-6(11)7(13-2)5(3-12-4)8(9)10/h3,8H,1-2H3. The van der Waals surface area contributed by atoms with E-state index in [1.807, 2.05) is 22.6 Å². The zero-order valence-corrected chi connectivity index (χ0v) is 9.30. The van der Waals surface area contributed by atoms with Crippen LogP contribution in [0.4, 0.5) is 8.78 Å². The van der Waals surface area contributed by atoms with Gasteiger partial charge in [0.2, 0.25) is 0 Å². The molecular weight excluding hydrogens is 291 g/mol. The fourth-order valence-corrected chi connectivity index (χ4v) is 1.61. The summed E-state index contributed by atoms with van der Waals surface area (Å²) in [5.74, 6) is 0.225. The van der Waals surface area contributed by atoms with Gasteiger partial charge in [0.05, 0.1) is 21.9 Å². The average molecular weight is 299 g/mol. The van der Waals surface area contributed by atoms with Crippen molar-refractivity contribution in [1.29, 1.82) is 0 Å². The van der Waals surface area contributed by atoms with Crippen molar-refractivity contribution in [3.05, 3.63) is 21.0 Å². The smallest absolute Gasteiger partial charge is 0.268 e. The van der Waals surface area contributed by atoms with Gasteiger partial charge in [0.15, 0.2) is 0 Å². The Morgan fingerprint density at radius 3 is 2.62 bits per heavy atom. The van der Waals surface area contributed by atoms with E-state index in [-0.39, 0.29) is 11.3 Å². The second kappa shape index (κ2) is 4.17. The van der Waals surface area contributed by atoms with Gasteiger partial charge in [-0.05, 0) is 29.5 Å². The van der Waals surface area contributed by atoms with Crippen LogP contribution in [0.1, 0.15) is 17.7 Å². The van der Waals surface area contributed by atoms with E-state index in [0.29, 0.717) is 9.26 Å². The normalized spacial score (nSPS) is 10.6. The third-order valence-corrected chi connectivity index (χ3v) is 2.89. The summed E-state index contributed by atoms with van der Waals surface area (Å²) >= 11 is 1.94. The monoisotopic (exact) mass is 299 g/mol. The fraction of sp³-hybridized carbons (Fsp3) is 0.375. The Bertz CT molecular complexity index is 317. The average Bonchev–Trinajstić information content (AvgIpc) is 2.09. The predicted octanol–water partition coefficient (Wildman–Crippen LogP) is 2.94. The van der Waals surface area contributed by atoms with Crippen LogP contribution < -0.4 is 4.74 Å². The molecule has 1 heterocycles. The van der Waals surface area contributed by atoms with Crippen molar-refractivity contribution in [2.45, 2.75) is 13.3 Å². The van der Waals surface area contributed by atoms with Crippen LogP contribution in [0.25, 0.3) is 0 Å². The van der Waals surface area contributed by atoms with E-state index >= 15 is 0 Å². The minimum absolute atomic E-state index is 0.155. The summed E-state index contributed by atoms with van der Waals surface area (Å²) in [5, 5.41) is 0. The molecule has 0 saturated carbocycles. The number of rotatable bonds is 2. The summed E-state index contributed by atoms with van der Waals surface area (Å²) in [7, 11) is 1.38. The van der Waals surface area contributed by atoms with E-state index in [0.717, 1.165) is 6.20 Å². The molecule has 72 valence electrons. The van der Waals surface area contributed by atoms with Crippen molar-refractivity contribution in [2.75, 3.05) is 7.11 Å². The van der Waals surface area contributed by atoms with Gasteiger partial charge >= 0.3 is 0 Å². The van der Waals surface area contributed by atoms with Crippen LogP contribution in [0, 0.1) is 10.5 Å². The van der Waals surface area contributed by atoms with Crippen molar-refractivity contribution >= 4 is 22.6 Å². The molecule has 1 aromatic rings. The number of nitrogens with zero attached hydrogens (tertiary/aromatic N) is 1. The Hall–Kier alpha value is -0.460. The van der Waals surface area contributed by atoms with E-state index in [2.05, 4.69) is 4.98 Å². The third-order valence-electron chi connectivity index (χ3n) is 1.62. The number of halogens is 3. The highest BCUT2D eigenvalue weighted by molar-refractivity contribution is 14.1. The van der Waals surface area contributed by atoms with Gasteiger partial charge in [-0.25, -0.2) is 8.78 Å². The lowest BCUT2D eigenvalue weighted by Crippen LogP contribution is -1.99. The van der Waals surface area contributed by atoms with E-state index in [4.69, 9.17) is 4.74 Å². The molecule has 2 nitrogen and oxygen atoms in total. The first kappa shape index (κ1) is 10.6. The quantitative estimate of drug-likeness (QED) is 0.783. The predicted molar refractivity (Wildman–Crippen MR) is 53.2 cm³/mol. The molecule has 0 N–H and O–H groups in total. The van der Waals surface area contributed by atoms with E-state index < -0.39 is 6.43 Å². The first-order chi connectivity index (χ1) is 6.07. The molecule has 0 saturated heterocycles. The van der Waals surface area contributed by atoms with Crippen LogP contribution in [0.3, 0.4) is 0 Å². The maximum Gasteiger partial charge on any atom is 0.268 e. The summed E-state index contributed by atoms with van der Waals surface area (Å²) in [4.78, 5) is 3.84. The van der Waals surface area contributed by atoms with Crippen LogP contribution in [0.5, 0.6) is 5.75 Å². The molecule has 0 bridgehead atoms. The van der Waals surface area contributed by atoms with E-state index in [1.54, 1.807) is 6.92 Å². The third kappa shape index (κ3) is 2.07. The summed E-state index contributed by atoms with van der Waals surface area (Å²) in [5.41, 5.74) is 0.541. The molecule has 0 atom stereocenters. The van der Waals surface area contributed by atoms with Crippen molar-refractivity contribution in [3.63, 3.8) is 0 Å². The molecule has 0 radical (unpaired) electrons. The minimum Gasteiger partial charge on any atom is -0.495 e. The van der Waals surface area contributed by atoms with Gasteiger partial charge in [-0.3, -0.25) is 4.98 Å². The lowest BCUT2D eigenvalue weighted by molar-refractivity contribution is 0.146. The van der Waals surface area contributed by atoms with Gasteiger partial charge in [-0.2, -0.15) is 0 Å².